The second kappa shape index (κ2) is 4.69. The Bertz CT molecular complexity index is 472. The predicted molar refractivity (Wildman–Crippen MR) is 71.4 cm³/mol. The first-order valence-electron chi connectivity index (χ1n) is 6.39. The summed E-state index contributed by atoms with van der Waals surface area (Å²) in [4.78, 5) is 18.7. The van der Waals surface area contributed by atoms with Crippen LogP contribution in [-0.2, 0) is 0 Å². The van der Waals surface area contributed by atoms with Gasteiger partial charge in [0, 0.05) is 18.8 Å². The van der Waals surface area contributed by atoms with Gasteiger partial charge in [0.1, 0.15) is 0 Å². The van der Waals surface area contributed by atoms with Crippen LogP contribution in [0.2, 0.25) is 0 Å². The van der Waals surface area contributed by atoms with E-state index in [4.69, 9.17) is 5.73 Å². The summed E-state index contributed by atoms with van der Waals surface area (Å²) in [6.07, 6.45) is 0.980. The number of likely N-dealkylation sites (tertiary alicyclic amines) is 1. The maximum absolute atomic E-state index is 12.4. The highest BCUT2D eigenvalue weighted by atomic mass is 16.2. The number of amides is 1. The minimum atomic E-state index is 0.0711. The average molecular weight is 247 g/mol. The fraction of sp³-hybridized carbons (Fsp3) is 0.571. The minimum Gasteiger partial charge on any atom is -0.338 e. The van der Waals surface area contributed by atoms with Crippen molar-refractivity contribution >= 4 is 5.91 Å². The van der Waals surface area contributed by atoms with Gasteiger partial charge in [0.2, 0.25) is 0 Å². The molecule has 2 rings (SSSR count). The Morgan fingerprint density at radius 3 is 2.78 bits per heavy atom. The monoisotopic (exact) mass is 247 g/mol. The number of carbonyl (C=O) groups excluding carboxylic acids is 1. The molecule has 0 radical (unpaired) electrons. The molecule has 0 bridgehead atoms. The van der Waals surface area contributed by atoms with E-state index in [-0.39, 0.29) is 11.3 Å². The van der Waals surface area contributed by atoms with Crippen molar-refractivity contribution in [1.82, 2.24) is 9.88 Å². The fourth-order valence-electron chi connectivity index (χ4n) is 2.45. The molecule has 1 aliphatic heterocycles. The molecule has 2 N–H and O–H groups in total. The summed E-state index contributed by atoms with van der Waals surface area (Å²) in [5, 5.41) is 0. The molecule has 18 heavy (non-hydrogen) atoms. The molecule has 0 spiro atoms. The van der Waals surface area contributed by atoms with Crippen LogP contribution in [0.5, 0.6) is 0 Å². The molecule has 1 fully saturated rings. The highest BCUT2D eigenvalue weighted by molar-refractivity contribution is 5.95. The average Bonchev–Trinajstić information content (AvgIpc) is 2.72. The second-order valence-electron chi connectivity index (χ2n) is 5.58. The first-order valence-corrected chi connectivity index (χ1v) is 6.39. The van der Waals surface area contributed by atoms with Crippen molar-refractivity contribution in [3.63, 3.8) is 0 Å². The third kappa shape index (κ3) is 2.38. The Morgan fingerprint density at radius 1 is 1.50 bits per heavy atom. The third-order valence-corrected chi connectivity index (χ3v) is 3.79. The van der Waals surface area contributed by atoms with E-state index in [1.165, 1.54) is 0 Å². The van der Waals surface area contributed by atoms with Crippen molar-refractivity contribution in [2.45, 2.75) is 27.2 Å². The number of aromatic nitrogens is 1. The standard InChI is InChI=1S/C14H21N3O/c1-10-4-5-12(11(2)16-10)13(18)17-7-6-14(3,8-15)9-17/h4-5H,6-9,15H2,1-3H3. The number of nitrogens with zero attached hydrogens (tertiary/aromatic N) is 2. The van der Waals surface area contributed by atoms with Crippen molar-refractivity contribution in [3.05, 3.63) is 29.1 Å². The van der Waals surface area contributed by atoms with Crippen LogP contribution in [-0.4, -0.2) is 35.4 Å². The van der Waals surface area contributed by atoms with Crippen LogP contribution in [0.3, 0.4) is 0 Å². The summed E-state index contributed by atoms with van der Waals surface area (Å²) in [6, 6.07) is 3.76. The van der Waals surface area contributed by atoms with Gasteiger partial charge in [0.15, 0.2) is 0 Å². The van der Waals surface area contributed by atoms with E-state index >= 15 is 0 Å². The van der Waals surface area contributed by atoms with Crippen molar-refractivity contribution in [3.8, 4) is 0 Å². The zero-order chi connectivity index (χ0) is 13.3. The smallest absolute Gasteiger partial charge is 0.255 e. The van der Waals surface area contributed by atoms with Crippen molar-refractivity contribution in [1.29, 1.82) is 0 Å². The highest BCUT2D eigenvalue weighted by Gasteiger charge is 2.35. The Hall–Kier alpha value is -1.42. The molecular weight excluding hydrogens is 226 g/mol. The molecule has 1 aromatic heterocycles. The number of aryl methyl sites for hydroxylation is 2. The van der Waals surface area contributed by atoms with Crippen molar-refractivity contribution in [2.75, 3.05) is 19.6 Å². The Balaban J connectivity index is 2.18. The summed E-state index contributed by atoms with van der Waals surface area (Å²) >= 11 is 0. The van der Waals surface area contributed by atoms with Gasteiger partial charge in [-0.1, -0.05) is 6.92 Å². The quantitative estimate of drug-likeness (QED) is 0.861. The van der Waals surface area contributed by atoms with Gasteiger partial charge in [-0.25, -0.2) is 0 Å². The topological polar surface area (TPSA) is 59.2 Å². The van der Waals surface area contributed by atoms with E-state index < -0.39 is 0 Å². The van der Waals surface area contributed by atoms with Crippen LogP contribution in [0, 0.1) is 19.3 Å². The van der Waals surface area contributed by atoms with Crippen LogP contribution in [0.1, 0.15) is 35.1 Å². The Kier molecular flexibility index (Phi) is 3.39. The fourth-order valence-corrected chi connectivity index (χ4v) is 2.45. The number of hydrogen-bond donors (Lipinski definition) is 1. The number of hydrogen-bond acceptors (Lipinski definition) is 3. The molecule has 1 aromatic rings. The van der Waals surface area contributed by atoms with Gasteiger partial charge in [0.25, 0.3) is 5.91 Å². The molecule has 1 saturated heterocycles. The van der Waals surface area contributed by atoms with Gasteiger partial charge in [0.05, 0.1) is 11.3 Å². The second-order valence-corrected chi connectivity index (χ2v) is 5.58. The van der Waals surface area contributed by atoms with Crippen LogP contribution in [0.4, 0.5) is 0 Å². The van der Waals surface area contributed by atoms with Crippen LogP contribution in [0.15, 0.2) is 12.1 Å². The van der Waals surface area contributed by atoms with Crippen LogP contribution in [0.25, 0.3) is 0 Å². The van der Waals surface area contributed by atoms with Gasteiger partial charge >= 0.3 is 0 Å². The molecule has 4 nitrogen and oxygen atoms in total. The van der Waals surface area contributed by atoms with Gasteiger partial charge < -0.3 is 10.6 Å². The number of nitrogens with two attached hydrogens (primary N) is 1. The van der Waals surface area contributed by atoms with Crippen LogP contribution >= 0.6 is 0 Å². The number of rotatable bonds is 2. The lowest BCUT2D eigenvalue weighted by atomic mass is 9.90. The first-order chi connectivity index (χ1) is 8.45. The van der Waals surface area contributed by atoms with Gasteiger partial charge in [-0.2, -0.15) is 0 Å². The summed E-state index contributed by atoms with van der Waals surface area (Å²) in [6.45, 7) is 8.12. The minimum absolute atomic E-state index is 0.0711. The van der Waals surface area contributed by atoms with Gasteiger partial charge in [-0.3, -0.25) is 9.78 Å². The first kappa shape index (κ1) is 13.0. The third-order valence-electron chi connectivity index (χ3n) is 3.79. The van der Waals surface area contributed by atoms with Gasteiger partial charge in [-0.05, 0) is 44.4 Å². The summed E-state index contributed by atoms with van der Waals surface area (Å²) < 4.78 is 0. The Labute approximate surface area is 108 Å². The molecule has 1 unspecified atom stereocenters. The lowest BCUT2D eigenvalue weighted by molar-refractivity contribution is 0.0775. The van der Waals surface area contributed by atoms with E-state index in [2.05, 4.69) is 11.9 Å². The molecule has 1 amide bonds. The van der Waals surface area contributed by atoms with Gasteiger partial charge in [-0.15, -0.1) is 0 Å². The van der Waals surface area contributed by atoms with E-state index in [1.807, 2.05) is 30.9 Å². The zero-order valence-electron chi connectivity index (χ0n) is 11.4. The maximum atomic E-state index is 12.4. The normalized spacial score (nSPS) is 23.4. The molecule has 1 aliphatic rings. The van der Waals surface area contributed by atoms with Crippen LogP contribution < -0.4 is 5.73 Å². The maximum Gasteiger partial charge on any atom is 0.255 e. The van der Waals surface area contributed by atoms with E-state index in [0.29, 0.717) is 12.1 Å². The summed E-state index contributed by atoms with van der Waals surface area (Å²) in [5.41, 5.74) is 8.30. The lowest BCUT2D eigenvalue weighted by Crippen LogP contribution is -2.34. The SMILES string of the molecule is Cc1ccc(C(=O)N2CCC(C)(CN)C2)c(C)n1. The molecule has 4 heteroatoms. The zero-order valence-corrected chi connectivity index (χ0v) is 11.4. The Morgan fingerprint density at radius 2 is 2.22 bits per heavy atom. The van der Waals surface area contributed by atoms with Crippen molar-refractivity contribution < 1.29 is 4.79 Å². The molecule has 0 saturated carbocycles. The number of carbonyl (C=O) groups is 1. The van der Waals surface area contributed by atoms with E-state index in [1.54, 1.807) is 0 Å². The number of pyridine rings is 1. The van der Waals surface area contributed by atoms with Crippen molar-refractivity contribution in [2.24, 2.45) is 11.1 Å². The summed E-state index contributed by atoms with van der Waals surface area (Å²) in [7, 11) is 0. The largest absolute Gasteiger partial charge is 0.338 e. The molecule has 98 valence electrons. The highest BCUT2D eigenvalue weighted by Crippen LogP contribution is 2.29. The van der Waals surface area contributed by atoms with E-state index in [9.17, 15) is 4.79 Å². The molecule has 0 aromatic carbocycles. The van der Waals surface area contributed by atoms with E-state index in [0.717, 1.165) is 30.9 Å². The molecule has 0 aliphatic carbocycles. The molecule has 1 atom stereocenters. The lowest BCUT2D eigenvalue weighted by Gasteiger charge is -2.23. The molecular formula is C14H21N3O. The summed E-state index contributed by atoms with van der Waals surface area (Å²) in [5.74, 6) is 0.0807. The predicted octanol–water partition coefficient (Wildman–Crippen LogP) is 1.51. The molecule has 2 heterocycles.